The molecule has 1 heterocycles. The summed E-state index contributed by atoms with van der Waals surface area (Å²) >= 11 is 0. The number of Topliss-reactive ketones (excluding diaryl/α,β-unsaturated/α-hetero) is 1. The predicted molar refractivity (Wildman–Crippen MR) is 31.9 cm³/mol. The molecule has 0 aromatic carbocycles. The number of ketones is 1. The van der Waals surface area contributed by atoms with Crippen LogP contribution in [0, 0.1) is 0 Å². The van der Waals surface area contributed by atoms with Gasteiger partial charge in [0, 0.05) is 11.3 Å². The first-order valence-electron chi connectivity index (χ1n) is 2.47. The quantitative estimate of drug-likeness (QED) is 0.455. The number of hydrogen-bond donors (Lipinski definition) is 0. The zero-order valence-electron chi connectivity index (χ0n) is 4.93. The molecule has 0 spiro atoms. The third kappa shape index (κ3) is 0.579. The van der Waals surface area contributed by atoms with Crippen LogP contribution in [0.3, 0.4) is 0 Å². The van der Waals surface area contributed by atoms with Crippen molar-refractivity contribution in [1.82, 2.24) is 0 Å². The molecule has 0 radical (unpaired) electrons. The van der Waals surface area contributed by atoms with Gasteiger partial charge >= 0.3 is 0 Å². The van der Waals surface area contributed by atoms with Gasteiger partial charge in [-0.05, 0) is 13.8 Å². The van der Waals surface area contributed by atoms with E-state index in [2.05, 4.69) is 4.99 Å². The number of rotatable bonds is 0. The van der Waals surface area contributed by atoms with E-state index in [-0.39, 0.29) is 5.78 Å². The standard InChI is InChI=1S/C6H7NO/c1-4-5(2)7-3-6(4)8/h3H,1-2H3. The Morgan fingerprint density at radius 2 is 2.12 bits per heavy atom. The highest BCUT2D eigenvalue weighted by atomic mass is 16.1. The molecule has 0 saturated heterocycles. The smallest absolute Gasteiger partial charge is 0.201 e. The van der Waals surface area contributed by atoms with Gasteiger partial charge in [0.15, 0.2) is 0 Å². The molecular formula is C6H7NO. The van der Waals surface area contributed by atoms with Gasteiger partial charge in [-0.1, -0.05) is 0 Å². The molecule has 0 aromatic heterocycles. The third-order valence-corrected chi connectivity index (χ3v) is 1.29. The highest BCUT2D eigenvalue weighted by Gasteiger charge is 2.09. The van der Waals surface area contributed by atoms with E-state index in [0.29, 0.717) is 0 Å². The molecule has 0 atom stereocenters. The molecule has 0 N–H and O–H groups in total. The predicted octanol–water partition coefficient (Wildman–Crippen LogP) is 0.934. The van der Waals surface area contributed by atoms with Gasteiger partial charge in [0.05, 0.1) is 6.21 Å². The molecule has 0 unspecified atom stereocenters. The molecule has 1 aliphatic heterocycles. The van der Waals surface area contributed by atoms with E-state index in [1.807, 2.05) is 6.92 Å². The number of allylic oxidation sites excluding steroid dienone is 2. The van der Waals surface area contributed by atoms with Gasteiger partial charge in [0.2, 0.25) is 5.78 Å². The van der Waals surface area contributed by atoms with Crippen LogP contribution in [0.25, 0.3) is 0 Å². The second-order valence-electron chi connectivity index (χ2n) is 1.83. The van der Waals surface area contributed by atoms with Crippen molar-refractivity contribution in [1.29, 1.82) is 0 Å². The Morgan fingerprint density at radius 3 is 2.25 bits per heavy atom. The van der Waals surface area contributed by atoms with Crippen LogP contribution >= 0.6 is 0 Å². The zero-order valence-corrected chi connectivity index (χ0v) is 4.93. The maximum Gasteiger partial charge on any atom is 0.201 e. The number of hydrogen-bond acceptors (Lipinski definition) is 2. The fraction of sp³-hybridized carbons (Fsp3) is 0.333. The van der Waals surface area contributed by atoms with Crippen molar-refractivity contribution in [2.24, 2.45) is 4.99 Å². The van der Waals surface area contributed by atoms with E-state index in [1.165, 1.54) is 6.21 Å². The molecule has 0 saturated carbocycles. The second kappa shape index (κ2) is 1.54. The maximum atomic E-state index is 10.6. The first kappa shape index (κ1) is 5.22. The minimum Gasteiger partial charge on any atom is -0.288 e. The van der Waals surface area contributed by atoms with Crippen LogP contribution in [0.2, 0.25) is 0 Å². The van der Waals surface area contributed by atoms with Crippen molar-refractivity contribution in [3.63, 3.8) is 0 Å². The van der Waals surface area contributed by atoms with Gasteiger partial charge in [0.1, 0.15) is 0 Å². The van der Waals surface area contributed by atoms with Gasteiger partial charge < -0.3 is 0 Å². The van der Waals surface area contributed by atoms with Crippen molar-refractivity contribution >= 4 is 12.0 Å². The van der Waals surface area contributed by atoms with Crippen LogP contribution < -0.4 is 0 Å². The lowest BCUT2D eigenvalue weighted by Gasteiger charge is -1.84. The Kier molecular flexibility index (Phi) is 1.01. The van der Waals surface area contributed by atoms with Gasteiger partial charge in [-0.3, -0.25) is 9.79 Å². The Bertz CT molecular complexity index is 185. The van der Waals surface area contributed by atoms with Crippen molar-refractivity contribution < 1.29 is 4.79 Å². The van der Waals surface area contributed by atoms with E-state index in [0.717, 1.165) is 11.3 Å². The summed E-state index contributed by atoms with van der Waals surface area (Å²) in [6, 6.07) is 0. The van der Waals surface area contributed by atoms with E-state index in [1.54, 1.807) is 6.92 Å². The topological polar surface area (TPSA) is 29.4 Å². The molecule has 0 bridgehead atoms. The molecule has 1 aliphatic rings. The molecule has 0 fully saturated rings. The third-order valence-electron chi connectivity index (χ3n) is 1.29. The Morgan fingerprint density at radius 1 is 1.50 bits per heavy atom. The molecule has 8 heavy (non-hydrogen) atoms. The minimum atomic E-state index is 0.0440. The average Bonchev–Trinajstić information content (AvgIpc) is 1.98. The van der Waals surface area contributed by atoms with E-state index in [9.17, 15) is 4.79 Å². The Hall–Kier alpha value is -0.920. The number of nitrogens with zero attached hydrogens (tertiary/aromatic N) is 1. The number of carbonyl (C=O) groups is 1. The second-order valence-corrected chi connectivity index (χ2v) is 1.83. The first-order valence-corrected chi connectivity index (χ1v) is 2.47. The van der Waals surface area contributed by atoms with Gasteiger partial charge in [-0.25, -0.2) is 0 Å². The summed E-state index contributed by atoms with van der Waals surface area (Å²) in [7, 11) is 0. The van der Waals surface area contributed by atoms with Crippen molar-refractivity contribution in [2.45, 2.75) is 13.8 Å². The van der Waals surface area contributed by atoms with Crippen molar-refractivity contribution in [3.05, 3.63) is 11.3 Å². The lowest BCUT2D eigenvalue weighted by Crippen LogP contribution is -1.94. The highest BCUT2D eigenvalue weighted by molar-refractivity contribution is 6.37. The molecule has 42 valence electrons. The maximum absolute atomic E-state index is 10.6. The summed E-state index contributed by atoms with van der Waals surface area (Å²) in [6.07, 6.45) is 1.35. The molecule has 2 heteroatoms. The molecule has 1 rings (SSSR count). The summed E-state index contributed by atoms with van der Waals surface area (Å²) in [5.74, 6) is 0.0440. The minimum absolute atomic E-state index is 0.0440. The lowest BCUT2D eigenvalue weighted by atomic mass is 10.2. The number of aliphatic imine (C=N–C) groups is 1. The van der Waals surface area contributed by atoms with Crippen LogP contribution in [0.15, 0.2) is 16.3 Å². The SMILES string of the molecule is CC1=C(C)C(=O)C=N1. The molecule has 2 nitrogen and oxygen atoms in total. The van der Waals surface area contributed by atoms with Crippen molar-refractivity contribution in [3.8, 4) is 0 Å². The summed E-state index contributed by atoms with van der Waals surface area (Å²) < 4.78 is 0. The van der Waals surface area contributed by atoms with E-state index in [4.69, 9.17) is 0 Å². The molecule has 0 aliphatic carbocycles. The Balaban J connectivity index is 3.02. The molecule has 0 amide bonds. The fourth-order valence-electron chi connectivity index (χ4n) is 0.527. The summed E-state index contributed by atoms with van der Waals surface area (Å²) in [5.41, 5.74) is 1.61. The zero-order chi connectivity index (χ0) is 6.15. The van der Waals surface area contributed by atoms with Gasteiger partial charge in [0.25, 0.3) is 0 Å². The molecule has 0 aromatic rings. The van der Waals surface area contributed by atoms with Crippen molar-refractivity contribution in [2.75, 3.05) is 0 Å². The Labute approximate surface area is 47.9 Å². The van der Waals surface area contributed by atoms with Gasteiger partial charge in [-0.2, -0.15) is 0 Å². The van der Waals surface area contributed by atoms with Crippen LogP contribution in [-0.4, -0.2) is 12.0 Å². The van der Waals surface area contributed by atoms with Gasteiger partial charge in [-0.15, -0.1) is 0 Å². The summed E-state index contributed by atoms with van der Waals surface area (Å²) in [5, 5.41) is 0. The first-order chi connectivity index (χ1) is 3.72. The van der Waals surface area contributed by atoms with Crippen LogP contribution in [-0.2, 0) is 4.79 Å². The molecular weight excluding hydrogens is 102 g/mol. The number of carbonyl (C=O) groups excluding carboxylic acids is 1. The highest BCUT2D eigenvalue weighted by Crippen LogP contribution is 2.09. The summed E-state index contributed by atoms with van der Waals surface area (Å²) in [6.45, 7) is 3.61. The largest absolute Gasteiger partial charge is 0.288 e. The van der Waals surface area contributed by atoms with Crippen LogP contribution in [0.5, 0.6) is 0 Å². The monoisotopic (exact) mass is 109 g/mol. The lowest BCUT2D eigenvalue weighted by molar-refractivity contribution is -0.109. The van der Waals surface area contributed by atoms with E-state index < -0.39 is 0 Å². The van der Waals surface area contributed by atoms with Crippen LogP contribution in [0.4, 0.5) is 0 Å². The normalized spacial score (nSPS) is 18.5. The average molecular weight is 109 g/mol. The van der Waals surface area contributed by atoms with E-state index >= 15 is 0 Å². The fourth-order valence-corrected chi connectivity index (χ4v) is 0.527. The van der Waals surface area contributed by atoms with Crippen LogP contribution in [0.1, 0.15) is 13.8 Å². The summed E-state index contributed by atoms with van der Waals surface area (Å²) in [4.78, 5) is 14.4.